The predicted molar refractivity (Wildman–Crippen MR) is 44.0 cm³/mol. The Hall–Kier alpha value is -1.11. The standard InChI is InChI=1S/C8H6ClFN2/c9-8-5(3-11)1-2-7(10)6(8)4-12/h1-2H,3,11H2. The van der Waals surface area contributed by atoms with E-state index in [4.69, 9.17) is 22.6 Å². The van der Waals surface area contributed by atoms with Crippen LogP contribution < -0.4 is 5.73 Å². The first-order valence-electron chi connectivity index (χ1n) is 3.27. The smallest absolute Gasteiger partial charge is 0.142 e. The molecule has 1 aromatic carbocycles. The Balaban J connectivity index is 3.36. The van der Waals surface area contributed by atoms with Crippen LogP contribution >= 0.6 is 11.6 Å². The summed E-state index contributed by atoms with van der Waals surface area (Å²) >= 11 is 5.67. The molecule has 0 atom stereocenters. The van der Waals surface area contributed by atoms with Crippen LogP contribution in [0.5, 0.6) is 0 Å². The molecule has 2 nitrogen and oxygen atoms in total. The van der Waals surface area contributed by atoms with Crippen LogP contribution in [0.25, 0.3) is 0 Å². The predicted octanol–water partition coefficient (Wildman–Crippen LogP) is 1.81. The Morgan fingerprint density at radius 1 is 1.58 bits per heavy atom. The molecule has 0 aliphatic carbocycles. The Morgan fingerprint density at radius 2 is 2.25 bits per heavy atom. The van der Waals surface area contributed by atoms with E-state index in [0.717, 1.165) is 0 Å². The number of nitriles is 1. The molecule has 62 valence electrons. The topological polar surface area (TPSA) is 49.8 Å². The van der Waals surface area contributed by atoms with Gasteiger partial charge in [-0.25, -0.2) is 4.39 Å². The van der Waals surface area contributed by atoms with Crippen molar-refractivity contribution in [1.29, 1.82) is 5.26 Å². The molecular weight excluding hydrogens is 179 g/mol. The van der Waals surface area contributed by atoms with Crippen molar-refractivity contribution in [2.75, 3.05) is 0 Å². The molecule has 0 fully saturated rings. The van der Waals surface area contributed by atoms with Gasteiger partial charge in [0.05, 0.1) is 5.02 Å². The van der Waals surface area contributed by atoms with Gasteiger partial charge in [-0.1, -0.05) is 17.7 Å². The number of hydrogen-bond donors (Lipinski definition) is 1. The minimum absolute atomic E-state index is 0.111. The minimum Gasteiger partial charge on any atom is -0.326 e. The Bertz CT molecular complexity index is 344. The first-order chi connectivity index (χ1) is 5.70. The van der Waals surface area contributed by atoms with Gasteiger partial charge in [0.1, 0.15) is 17.4 Å². The quantitative estimate of drug-likeness (QED) is 0.724. The molecule has 4 heteroatoms. The highest BCUT2D eigenvalue weighted by Gasteiger charge is 2.09. The zero-order chi connectivity index (χ0) is 9.14. The van der Waals surface area contributed by atoms with Crippen molar-refractivity contribution in [2.24, 2.45) is 5.73 Å². The molecule has 1 aromatic rings. The van der Waals surface area contributed by atoms with Crippen LogP contribution in [0.2, 0.25) is 5.02 Å². The van der Waals surface area contributed by atoms with E-state index in [1.807, 2.05) is 0 Å². The van der Waals surface area contributed by atoms with Gasteiger partial charge in [0.2, 0.25) is 0 Å². The maximum atomic E-state index is 12.8. The molecule has 0 aliphatic heterocycles. The molecule has 0 bridgehead atoms. The molecule has 12 heavy (non-hydrogen) atoms. The van der Waals surface area contributed by atoms with Crippen LogP contribution in [0, 0.1) is 17.1 Å². The highest BCUT2D eigenvalue weighted by Crippen LogP contribution is 2.22. The van der Waals surface area contributed by atoms with Crippen molar-refractivity contribution < 1.29 is 4.39 Å². The maximum Gasteiger partial charge on any atom is 0.142 e. The lowest BCUT2D eigenvalue weighted by Gasteiger charge is -2.02. The third kappa shape index (κ3) is 1.40. The van der Waals surface area contributed by atoms with Crippen molar-refractivity contribution in [3.8, 4) is 6.07 Å². The summed E-state index contributed by atoms with van der Waals surface area (Å²) in [6.07, 6.45) is 0. The fraction of sp³-hybridized carbons (Fsp3) is 0.125. The van der Waals surface area contributed by atoms with Gasteiger partial charge in [0.15, 0.2) is 0 Å². The van der Waals surface area contributed by atoms with Gasteiger partial charge in [0.25, 0.3) is 0 Å². The summed E-state index contributed by atoms with van der Waals surface area (Å²) in [6, 6.07) is 4.33. The molecule has 2 N–H and O–H groups in total. The van der Waals surface area contributed by atoms with Gasteiger partial charge < -0.3 is 5.73 Å². The van der Waals surface area contributed by atoms with Gasteiger partial charge in [0, 0.05) is 6.54 Å². The fourth-order valence-corrected chi connectivity index (χ4v) is 1.13. The van der Waals surface area contributed by atoms with Crippen LogP contribution in [0.1, 0.15) is 11.1 Å². The summed E-state index contributed by atoms with van der Waals surface area (Å²) in [7, 11) is 0. The lowest BCUT2D eigenvalue weighted by atomic mass is 10.1. The van der Waals surface area contributed by atoms with E-state index >= 15 is 0 Å². The zero-order valence-corrected chi connectivity index (χ0v) is 6.90. The Labute approximate surface area is 74.4 Å². The van der Waals surface area contributed by atoms with Crippen LogP contribution in [0.3, 0.4) is 0 Å². The van der Waals surface area contributed by atoms with E-state index < -0.39 is 5.82 Å². The van der Waals surface area contributed by atoms with E-state index in [-0.39, 0.29) is 17.1 Å². The number of rotatable bonds is 1. The third-order valence-electron chi connectivity index (χ3n) is 1.50. The Morgan fingerprint density at radius 3 is 2.75 bits per heavy atom. The van der Waals surface area contributed by atoms with Crippen molar-refractivity contribution in [3.05, 3.63) is 34.1 Å². The SMILES string of the molecule is N#Cc1c(F)ccc(CN)c1Cl. The van der Waals surface area contributed by atoms with Gasteiger partial charge >= 0.3 is 0 Å². The van der Waals surface area contributed by atoms with E-state index in [2.05, 4.69) is 0 Å². The minimum atomic E-state index is -0.611. The van der Waals surface area contributed by atoms with Gasteiger partial charge in [-0.05, 0) is 11.6 Å². The third-order valence-corrected chi connectivity index (χ3v) is 1.93. The lowest BCUT2D eigenvalue weighted by Crippen LogP contribution is -1.99. The van der Waals surface area contributed by atoms with Crippen LogP contribution in [0.4, 0.5) is 4.39 Å². The molecule has 0 amide bonds. The highest BCUT2D eigenvalue weighted by atomic mass is 35.5. The second-order valence-corrected chi connectivity index (χ2v) is 2.59. The van der Waals surface area contributed by atoms with Crippen LogP contribution in [-0.2, 0) is 6.54 Å². The normalized spacial score (nSPS) is 9.50. The fourth-order valence-electron chi connectivity index (χ4n) is 0.856. The molecule has 0 aliphatic rings. The second kappa shape index (κ2) is 3.53. The van der Waals surface area contributed by atoms with Crippen molar-refractivity contribution in [2.45, 2.75) is 6.54 Å². The highest BCUT2D eigenvalue weighted by molar-refractivity contribution is 6.32. The molecular formula is C8H6ClFN2. The molecule has 1 rings (SSSR count). The molecule has 0 unspecified atom stereocenters. The average Bonchev–Trinajstić information content (AvgIpc) is 2.06. The number of halogens is 2. The zero-order valence-electron chi connectivity index (χ0n) is 6.14. The lowest BCUT2D eigenvalue weighted by molar-refractivity contribution is 0.623. The van der Waals surface area contributed by atoms with Crippen LogP contribution in [-0.4, -0.2) is 0 Å². The van der Waals surface area contributed by atoms with E-state index in [1.165, 1.54) is 12.1 Å². The molecule has 0 aromatic heterocycles. The summed E-state index contributed by atoms with van der Waals surface area (Å²) in [5.41, 5.74) is 5.75. The number of benzene rings is 1. The van der Waals surface area contributed by atoms with Crippen LogP contribution in [0.15, 0.2) is 12.1 Å². The van der Waals surface area contributed by atoms with E-state index in [0.29, 0.717) is 5.56 Å². The van der Waals surface area contributed by atoms with E-state index in [1.54, 1.807) is 6.07 Å². The average molecular weight is 185 g/mol. The van der Waals surface area contributed by atoms with Gasteiger partial charge in [-0.2, -0.15) is 5.26 Å². The summed E-state index contributed by atoms with van der Waals surface area (Å²) in [6.45, 7) is 0.202. The van der Waals surface area contributed by atoms with Crippen molar-refractivity contribution >= 4 is 11.6 Å². The monoisotopic (exact) mass is 184 g/mol. The maximum absolute atomic E-state index is 12.8. The van der Waals surface area contributed by atoms with Gasteiger partial charge in [-0.3, -0.25) is 0 Å². The number of nitrogens with two attached hydrogens (primary N) is 1. The summed E-state index contributed by atoms with van der Waals surface area (Å²) < 4.78 is 12.8. The van der Waals surface area contributed by atoms with Gasteiger partial charge in [-0.15, -0.1) is 0 Å². The summed E-state index contributed by atoms with van der Waals surface area (Å²) in [5, 5.41) is 8.62. The Kier molecular flexibility index (Phi) is 2.64. The largest absolute Gasteiger partial charge is 0.326 e. The summed E-state index contributed by atoms with van der Waals surface area (Å²) in [5.74, 6) is -0.611. The number of hydrogen-bond acceptors (Lipinski definition) is 2. The molecule has 0 saturated carbocycles. The number of nitrogens with zero attached hydrogens (tertiary/aromatic N) is 1. The first-order valence-corrected chi connectivity index (χ1v) is 3.65. The summed E-state index contributed by atoms with van der Waals surface area (Å²) in [4.78, 5) is 0. The molecule has 0 saturated heterocycles. The van der Waals surface area contributed by atoms with E-state index in [9.17, 15) is 4.39 Å². The first kappa shape index (κ1) is 8.98. The molecule has 0 heterocycles. The molecule has 0 spiro atoms. The van der Waals surface area contributed by atoms with Crippen molar-refractivity contribution in [3.63, 3.8) is 0 Å². The van der Waals surface area contributed by atoms with Crippen molar-refractivity contribution in [1.82, 2.24) is 0 Å². The molecule has 0 radical (unpaired) electrons. The second-order valence-electron chi connectivity index (χ2n) is 2.21.